The van der Waals surface area contributed by atoms with E-state index in [4.69, 9.17) is 0 Å². The molecule has 0 spiro atoms. The molecule has 1 rings (SSSR count). The van der Waals surface area contributed by atoms with Gasteiger partial charge in [-0.15, -0.1) is 0 Å². The average Bonchev–Trinajstić information content (AvgIpc) is 2.29. The van der Waals surface area contributed by atoms with Crippen LogP contribution in [-0.4, -0.2) is 37.1 Å². The molecule has 1 aliphatic rings. The zero-order chi connectivity index (χ0) is 12.0. The van der Waals surface area contributed by atoms with E-state index in [0.29, 0.717) is 6.04 Å². The molecule has 96 valence electrons. The highest BCUT2D eigenvalue weighted by Gasteiger charge is 2.24. The van der Waals surface area contributed by atoms with Crippen molar-refractivity contribution in [2.24, 2.45) is 5.92 Å². The van der Waals surface area contributed by atoms with Gasteiger partial charge >= 0.3 is 0 Å². The summed E-state index contributed by atoms with van der Waals surface area (Å²) >= 11 is 0. The highest BCUT2D eigenvalue weighted by Crippen LogP contribution is 2.26. The molecule has 0 amide bonds. The van der Waals surface area contributed by atoms with Crippen LogP contribution in [0.15, 0.2) is 0 Å². The van der Waals surface area contributed by atoms with Crippen LogP contribution in [0.1, 0.15) is 52.9 Å². The van der Waals surface area contributed by atoms with E-state index in [1.54, 1.807) is 0 Å². The molecule has 2 nitrogen and oxygen atoms in total. The second-order valence-corrected chi connectivity index (χ2v) is 5.57. The van der Waals surface area contributed by atoms with Crippen molar-refractivity contribution in [1.82, 2.24) is 10.2 Å². The third-order valence-electron chi connectivity index (χ3n) is 4.20. The van der Waals surface area contributed by atoms with Crippen LogP contribution in [0.3, 0.4) is 0 Å². The summed E-state index contributed by atoms with van der Waals surface area (Å²) in [7, 11) is 2.30. The van der Waals surface area contributed by atoms with Crippen LogP contribution in [0, 0.1) is 5.92 Å². The zero-order valence-corrected chi connectivity index (χ0v) is 11.6. The van der Waals surface area contributed by atoms with E-state index in [2.05, 4.69) is 38.0 Å². The van der Waals surface area contributed by atoms with Crippen molar-refractivity contribution < 1.29 is 0 Å². The quantitative estimate of drug-likeness (QED) is 0.749. The molecule has 0 aliphatic heterocycles. The Morgan fingerprint density at radius 3 is 2.62 bits per heavy atom. The molecule has 3 atom stereocenters. The van der Waals surface area contributed by atoms with Crippen LogP contribution in [-0.2, 0) is 0 Å². The number of nitrogens with one attached hydrogen (secondary N) is 1. The Bertz CT molecular complexity index is 182. The van der Waals surface area contributed by atoms with Crippen molar-refractivity contribution in [3.8, 4) is 0 Å². The molecule has 16 heavy (non-hydrogen) atoms. The summed E-state index contributed by atoms with van der Waals surface area (Å²) in [6, 6.07) is 1.49. The van der Waals surface area contributed by atoms with E-state index >= 15 is 0 Å². The first-order valence-corrected chi connectivity index (χ1v) is 7.08. The standard InChI is InChI=1S/C14H30N2/c1-5-13(3)15-10-11-16(4)14-9-7-6-8-12(14)2/h12-15H,5-11H2,1-4H3. The SMILES string of the molecule is CCC(C)NCCN(C)C1CCCCC1C. The van der Waals surface area contributed by atoms with E-state index in [1.807, 2.05) is 0 Å². The minimum atomic E-state index is 0.664. The van der Waals surface area contributed by atoms with Gasteiger partial charge in [0.1, 0.15) is 0 Å². The molecule has 0 radical (unpaired) electrons. The highest BCUT2D eigenvalue weighted by atomic mass is 15.1. The van der Waals surface area contributed by atoms with Gasteiger partial charge in [-0.25, -0.2) is 0 Å². The van der Waals surface area contributed by atoms with Gasteiger partial charge in [0.2, 0.25) is 0 Å². The number of hydrogen-bond acceptors (Lipinski definition) is 2. The fraction of sp³-hybridized carbons (Fsp3) is 1.00. The summed E-state index contributed by atoms with van der Waals surface area (Å²) in [4.78, 5) is 2.57. The second kappa shape index (κ2) is 7.29. The van der Waals surface area contributed by atoms with Crippen molar-refractivity contribution in [2.45, 2.75) is 65.0 Å². The van der Waals surface area contributed by atoms with Crippen molar-refractivity contribution >= 4 is 0 Å². The number of nitrogens with zero attached hydrogens (tertiary/aromatic N) is 1. The fourth-order valence-corrected chi connectivity index (χ4v) is 2.75. The molecule has 3 unspecified atom stereocenters. The summed E-state index contributed by atoms with van der Waals surface area (Å²) in [5.74, 6) is 0.891. The number of hydrogen-bond donors (Lipinski definition) is 1. The van der Waals surface area contributed by atoms with Crippen molar-refractivity contribution in [3.63, 3.8) is 0 Å². The van der Waals surface area contributed by atoms with Gasteiger partial charge in [0.25, 0.3) is 0 Å². The van der Waals surface area contributed by atoms with Gasteiger partial charge in [-0.3, -0.25) is 0 Å². The van der Waals surface area contributed by atoms with Crippen LogP contribution in [0.4, 0.5) is 0 Å². The fourth-order valence-electron chi connectivity index (χ4n) is 2.75. The van der Waals surface area contributed by atoms with E-state index in [1.165, 1.54) is 38.6 Å². The molecule has 0 aromatic carbocycles. The normalized spacial score (nSPS) is 28.3. The molecule has 0 saturated heterocycles. The molecule has 0 aromatic rings. The van der Waals surface area contributed by atoms with Crippen LogP contribution in [0.2, 0.25) is 0 Å². The van der Waals surface area contributed by atoms with Gasteiger partial charge in [-0.2, -0.15) is 0 Å². The zero-order valence-electron chi connectivity index (χ0n) is 11.6. The van der Waals surface area contributed by atoms with Crippen molar-refractivity contribution in [2.75, 3.05) is 20.1 Å². The first-order valence-electron chi connectivity index (χ1n) is 7.08. The molecule has 1 aliphatic carbocycles. The average molecular weight is 226 g/mol. The second-order valence-electron chi connectivity index (χ2n) is 5.57. The van der Waals surface area contributed by atoms with Gasteiger partial charge in [-0.05, 0) is 39.2 Å². The Morgan fingerprint density at radius 1 is 1.31 bits per heavy atom. The Hall–Kier alpha value is -0.0800. The van der Waals surface area contributed by atoms with Crippen LogP contribution >= 0.6 is 0 Å². The topological polar surface area (TPSA) is 15.3 Å². The lowest BCUT2D eigenvalue weighted by Gasteiger charge is -2.36. The Morgan fingerprint density at radius 2 is 2.00 bits per heavy atom. The van der Waals surface area contributed by atoms with E-state index in [0.717, 1.165) is 18.5 Å². The first-order chi connectivity index (χ1) is 7.65. The lowest BCUT2D eigenvalue weighted by atomic mass is 9.85. The number of rotatable bonds is 6. The van der Waals surface area contributed by atoms with E-state index in [-0.39, 0.29) is 0 Å². The Labute approximate surface area is 102 Å². The predicted molar refractivity (Wildman–Crippen MR) is 71.8 cm³/mol. The van der Waals surface area contributed by atoms with Gasteiger partial charge in [-0.1, -0.05) is 26.7 Å². The lowest BCUT2D eigenvalue weighted by molar-refractivity contribution is 0.139. The Balaban J connectivity index is 2.20. The summed E-state index contributed by atoms with van der Waals surface area (Å²) in [6.45, 7) is 9.25. The lowest BCUT2D eigenvalue weighted by Crippen LogP contribution is -2.43. The van der Waals surface area contributed by atoms with Crippen LogP contribution in [0.5, 0.6) is 0 Å². The summed E-state index contributed by atoms with van der Waals surface area (Å²) in [6.07, 6.45) is 6.92. The van der Waals surface area contributed by atoms with Crippen molar-refractivity contribution in [1.29, 1.82) is 0 Å². The maximum Gasteiger partial charge on any atom is 0.0118 e. The smallest absolute Gasteiger partial charge is 0.0118 e. The van der Waals surface area contributed by atoms with Crippen molar-refractivity contribution in [3.05, 3.63) is 0 Å². The largest absolute Gasteiger partial charge is 0.313 e. The third kappa shape index (κ3) is 4.42. The maximum absolute atomic E-state index is 3.58. The minimum absolute atomic E-state index is 0.664. The monoisotopic (exact) mass is 226 g/mol. The van der Waals surface area contributed by atoms with Gasteiger partial charge < -0.3 is 10.2 Å². The highest BCUT2D eigenvalue weighted by molar-refractivity contribution is 4.79. The van der Waals surface area contributed by atoms with Crippen LogP contribution < -0.4 is 5.32 Å². The summed E-state index contributed by atoms with van der Waals surface area (Å²) in [5.41, 5.74) is 0. The molecular formula is C14H30N2. The van der Waals surface area contributed by atoms with Gasteiger partial charge in [0, 0.05) is 25.2 Å². The molecule has 1 N–H and O–H groups in total. The summed E-state index contributed by atoms with van der Waals surface area (Å²) in [5, 5.41) is 3.58. The molecule has 1 saturated carbocycles. The molecule has 0 bridgehead atoms. The maximum atomic E-state index is 3.58. The molecule has 0 aromatic heterocycles. The molecular weight excluding hydrogens is 196 g/mol. The Kier molecular flexibility index (Phi) is 6.37. The molecule has 2 heteroatoms. The van der Waals surface area contributed by atoms with Gasteiger partial charge in [0.15, 0.2) is 0 Å². The predicted octanol–water partition coefficient (Wildman–Crippen LogP) is 2.89. The third-order valence-corrected chi connectivity index (χ3v) is 4.20. The first kappa shape index (κ1) is 14.0. The molecule has 1 fully saturated rings. The molecule has 0 heterocycles. The van der Waals surface area contributed by atoms with E-state index < -0.39 is 0 Å². The summed E-state index contributed by atoms with van der Waals surface area (Å²) < 4.78 is 0. The van der Waals surface area contributed by atoms with E-state index in [9.17, 15) is 0 Å². The van der Waals surface area contributed by atoms with Gasteiger partial charge in [0.05, 0.1) is 0 Å². The van der Waals surface area contributed by atoms with Crippen LogP contribution in [0.25, 0.3) is 0 Å². The minimum Gasteiger partial charge on any atom is -0.313 e. The number of likely N-dealkylation sites (N-methyl/N-ethyl adjacent to an activating group) is 1.